The minimum atomic E-state index is -1.49. The molecule has 0 saturated heterocycles. The number of esters is 4. The highest BCUT2D eigenvalue weighted by Gasteiger charge is 2.51. The molecule has 27 nitrogen and oxygen atoms in total. The molecule has 0 bridgehead atoms. The van der Waals surface area contributed by atoms with E-state index in [4.69, 9.17) is 30.4 Å². The maximum absolute atomic E-state index is 13.2. The summed E-state index contributed by atoms with van der Waals surface area (Å²) in [5, 5.41) is 25.5. The normalized spacial score (nSPS) is 14.7. The topological polar surface area (TPSA) is 420 Å². The molecule has 2 aliphatic rings. The molecule has 27 heteroatoms. The van der Waals surface area contributed by atoms with E-state index >= 15 is 0 Å². The van der Waals surface area contributed by atoms with E-state index in [1.165, 1.54) is 55.5 Å². The van der Waals surface area contributed by atoms with Crippen LogP contribution in [-0.4, -0.2) is 137 Å². The van der Waals surface area contributed by atoms with Gasteiger partial charge in [-0.05, 0) is 200 Å². The van der Waals surface area contributed by atoms with Crippen molar-refractivity contribution in [3.63, 3.8) is 0 Å². The molecule has 548 valence electrons. The van der Waals surface area contributed by atoms with Gasteiger partial charge in [-0.3, -0.25) is 38.4 Å². The number of ether oxygens (including phenoxy) is 4. The lowest BCUT2D eigenvalue weighted by Gasteiger charge is -2.38. The molecule has 2 saturated carbocycles. The largest absolute Gasteiger partial charge is 0.480 e. The Labute approximate surface area is 584 Å². The standard InChI is InChI=1S/C37H52N4O9.C36H50N4O10/c1-24(42)37(18-9-19-37)29(43)23-27(10-8-20-40-34(38)48)33(47)39-21-17-30(44)41-28-22-25(12-15-31(45)49-35(2,3)4)11-13-26(28)14-16-32(46)50-36(5,6)7;1-34(2,3)49-29(43)14-11-23-10-12-24(13-15-30(44)50-35(4,5)6)26(21-23)40-28(42)16-20-38-31(45)25(9-7-19-39-33(37)48)22-27(41)36(32(46)47)17-8-18-36/h11-16,22,27H,8-10,17-21,23H2,1-7H3,(H,39,47)(H,41,44)(H3,38,40,48);10-15,21,25H,7-9,16-20,22H2,1-6H3,(H,38,45)(H,40,42)(H,46,47)(H3,37,39,48)/b15-12+,16-14+;14-11+,15-13+/t27-;25-/m11/s1. The number of anilines is 2. The Morgan fingerprint density at radius 3 is 1.07 bits per heavy atom. The van der Waals surface area contributed by atoms with Crippen molar-refractivity contribution in [3.05, 3.63) is 83.0 Å². The molecular formula is C73H102N8O19. The summed E-state index contributed by atoms with van der Waals surface area (Å²) in [7, 11) is 0. The van der Waals surface area contributed by atoms with E-state index in [0.717, 1.165) is 6.42 Å². The molecule has 11 N–H and O–H groups in total. The monoisotopic (exact) mass is 1390 g/mol. The molecule has 100 heavy (non-hydrogen) atoms. The van der Waals surface area contributed by atoms with Crippen molar-refractivity contribution in [1.29, 1.82) is 0 Å². The molecule has 2 aromatic carbocycles. The van der Waals surface area contributed by atoms with Crippen molar-refractivity contribution >= 4 is 119 Å². The number of carboxylic acid groups (broad SMARTS) is 1. The molecule has 8 amide bonds. The second kappa shape index (κ2) is 38.5. The van der Waals surface area contributed by atoms with Crippen molar-refractivity contribution in [1.82, 2.24) is 21.3 Å². The lowest BCUT2D eigenvalue weighted by molar-refractivity contribution is -0.162. The highest BCUT2D eigenvalue weighted by atomic mass is 16.6. The molecule has 0 heterocycles. The predicted molar refractivity (Wildman–Crippen MR) is 376 cm³/mol. The first-order chi connectivity index (χ1) is 46.4. The summed E-state index contributed by atoms with van der Waals surface area (Å²) in [5.74, 6) is -8.01. The smallest absolute Gasteiger partial charge is 0.331 e. The molecule has 2 aliphatic carbocycles. The number of primary amides is 2. The van der Waals surface area contributed by atoms with Gasteiger partial charge in [0.25, 0.3) is 0 Å². The van der Waals surface area contributed by atoms with Crippen LogP contribution >= 0.6 is 0 Å². The Balaban J connectivity index is 0.000000520. The lowest BCUT2D eigenvalue weighted by Crippen LogP contribution is -2.47. The predicted octanol–water partition coefficient (Wildman–Crippen LogP) is 8.74. The lowest BCUT2D eigenvalue weighted by atomic mass is 9.62. The Morgan fingerprint density at radius 1 is 0.470 bits per heavy atom. The number of urea groups is 2. The third-order valence-electron chi connectivity index (χ3n) is 15.5. The maximum Gasteiger partial charge on any atom is 0.331 e. The zero-order valence-corrected chi connectivity index (χ0v) is 59.9. The van der Waals surface area contributed by atoms with Gasteiger partial charge in [0.2, 0.25) is 23.6 Å². The summed E-state index contributed by atoms with van der Waals surface area (Å²) < 4.78 is 21.3. The number of ketones is 3. The molecular weight excluding hydrogens is 1290 g/mol. The Morgan fingerprint density at radius 2 is 0.790 bits per heavy atom. The van der Waals surface area contributed by atoms with Crippen LogP contribution in [0.15, 0.2) is 60.7 Å². The van der Waals surface area contributed by atoms with Crippen LogP contribution in [0.25, 0.3) is 24.3 Å². The summed E-state index contributed by atoms with van der Waals surface area (Å²) in [6.07, 6.45) is 14.2. The second-order valence-corrected chi connectivity index (χ2v) is 28.6. The first-order valence-electron chi connectivity index (χ1n) is 33.4. The molecule has 2 atom stereocenters. The molecule has 0 radical (unpaired) electrons. The second-order valence-electron chi connectivity index (χ2n) is 28.6. The molecule has 0 unspecified atom stereocenters. The first kappa shape index (κ1) is 84.4. The SMILES string of the molecule is CC(=O)C1(C(=O)C[C@@H](CCCNC(N)=O)C(=O)NCCC(=O)Nc2cc(/C=C/C(=O)OC(C)(C)C)ccc2/C=C/C(=O)OC(C)(C)C)CCC1.CC(C)(C)OC(=O)/C=C/c1ccc(/C=C/C(=O)OC(C)(C)C)c(NC(=O)CCNC(=O)[C@H](CCCNC(N)=O)CC(=O)C2(C(=O)O)CCC2)c1. The van der Waals surface area contributed by atoms with Crippen molar-refractivity contribution in [2.24, 2.45) is 34.1 Å². The van der Waals surface area contributed by atoms with E-state index in [1.807, 2.05) is 0 Å². The molecule has 4 rings (SSSR count). The third-order valence-corrected chi connectivity index (χ3v) is 15.5. The highest BCUT2D eigenvalue weighted by Crippen LogP contribution is 2.45. The number of benzene rings is 2. The average Bonchev–Trinajstić information content (AvgIpc) is 0.785. The first-order valence-corrected chi connectivity index (χ1v) is 33.4. The summed E-state index contributed by atoms with van der Waals surface area (Å²) in [5.41, 5.74) is 7.67. The zero-order valence-electron chi connectivity index (χ0n) is 59.9. The number of carboxylic acids is 1. The number of nitrogens with two attached hydrogens (primary N) is 2. The molecule has 2 fully saturated rings. The van der Waals surface area contributed by atoms with Gasteiger partial charge >= 0.3 is 41.9 Å². The van der Waals surface area contributed by atoms with Crippen LogP contribution in [0.2, 0.25) is 0 Å². The molecule has 0 aliphatic heterocycles. The fourth-order valence-corrected chi connectivity index (χ4v) is 10.3. The van der Waals surface area contributed by atoms with Crippen LogP contribution in [0.4, 0.5) is 21.0 Å². The van der Waals surface area contributed by atoms with E-state index in [-0.39, 0.29) is 89.1 Å². The van der Waals surface area contributed by atoms with E-state index in [2.05, 4.69) is 31.9 Å². The summed E-state index contributed by atoms with van der Waals surface area (Å²) in [6, 6.07) is 8.49. The van der Waals surface area contributed by atoms with Gasteiger partial charge in [-0.1, -0.05) is 37.1 Å². The third kappa shape index (κ3) is 31.4. The van der Waals surface area contributed by atoms with E-state index < -0.39 is 116 Å². The number of amides is 8. The Bertz CT molecular complexity index is 3210. The van der Waals surface area contributed by atoms with Gasteiger partial charge in [-0.25, -0.2) is 28.8 Å². The highest BCUT2D eigenvalue weighted by molar-refractivity contribution is 6.08. The fraction of sp³-hybridized carbons (Fsp3) is 0.534. The quantitative estimate of drug-likeness (QED) is 0.0104. The van der Waals surface area contributed by atoms with Crippen LogP contribution in [0.1, 0.15) is 202 Å². The van der Waals surface area contributed by atoms with Crippen LogP contribution in [0.3, 0.4) is 0 Å². The summed E-state index contributed by atoms with van der Waals surface area (Å²) in [6.45, 7) is 22.6. The van der Waals surface area contributed by atoms with E-state index in [9.17, 15) is 72.2 Å². The Hall–Kier alpha value is -9.82. The fourth-order valence-electron chi connectivity index (χ4n) is 10.3. The molecule has 2 aromatic rings. The van der Waals surface area contributed by atoms with Crippen LogP contribution in [0.5, 0.6) is 0 Å². The number of nitrogens with one attached hydrogen (secondary N) is 6. The van der Waals surface area contributed by atoms with Gasteiger partial charge < -0.3 is 67.4 Å². The molecule has 0 aromatic heterocycles. The summed E-state index contributed by atoms with van der Waals surface area (Å²) in [4.78, 5) is 174. The van der Waals surface area contributed by atoms with Crippen LogP contribution < -0.4 is 43.4 Å². The van der Waals surface area contributed by atoms with Gasteiger partial charge in [0.05, 0.1) is 5.41 Å². The van der Waals surface area contributed by atoms with Crippen molar-refractivity contribution in [2.75, 3.05) is 36.8 Å². The van der Waals surface area contributed by atoms with Crippen LogP contribution in [0, 0.1) is 22.7 Å². The number of carbonyl (C=O) groups excluding carboxylic acids is 13. The van der Waals surface area contributed by atoms with Gasteiger partial charge in [-0.2, -0.15) is 0 Å². The number of hydrogen-bond donors (Lipinski definition) is 9. The number of rotatable bonds is 34. The zero-order chi connectivity index (χ0) is 75.4. The van der Waals surface area contributed by atoms with Gasteiger partial charge in [-0.15, -0.1) is 0 Å². The van der Waals surface area contributed by atoms with E-state index in [0.29, 0.717) is 65.7 Å². The van der Waals surface area contributed by atoms with Gasteiger partial charge in [0.1, 0.15) is 39.4 Å². The Kier molecular flexibility index (Phi) is 32.5. The van der Waals surface area contributed by atoms with Crippen LogP contribution in [-0.2, 0) is 76.5 Å². The number of carbonyl (C=O) groups is 14. The molecule has 0 spiro atoms. The number of aliphatic carboxylic acids is 1. The number of Topliss-reactive ketones (excluding diaryl/α,β-unsaturated/α-hetero) is 3. The van der Waals surface area contributed by atoms with E-state index in [1.54, 1.807) is 119 Å². The summed E-state index contributed by atoms with van der Waals surface area (Å²) >= 11 is 0. The van der Waals surface area contributed by atoms with Crippen molar-refractivity contribution < 1.29 is 91.2 Å². The van der Waals surface area contributed by atoms with Gasteiger partial charge in [0.15, 0.2) is 5.78 Å². The van der Waals surface area contributed by atoms with Crippen molar-refractivity contribution in [2.45, 2.75) is 202 Å². The minimum absolute atomic E-state index is 0.0476. The number of hydrogen-bond acceptors (Lipinski definition) is 18. The maximum atomic E-state index is 13.2. The minimum Gasteiger partial charge on any atom is -0.480 e. The average molecular weight is 1400 g/mol. The van der Waals surface area contributed by atoms with Crippen molar-refractivity contribution in [3.8, 4) is 0 Å². The van der Waals surface area contributed by atoms with Gasteiger partial charge in [0, 0.05) is 99.4 Å².